The second kappa shape index (κ2) is 6.37. The van der Waals surface area contributed by atoms with Crippen LogP contribution in [0.2, 0.25) is 0 Å². The van der Waals surface area contributed by atoms with E-state index in [0.29, 0.717) is 0 Å². The zero-order valence-electron chi connectivity index (χ0n) is 11.0. The maximum Gasteiger partial charge on any atom is 0.240 e. The van der Waals surface area contributed by atoms with Gasteiger partial charge in [-0.2, -0.15) is 0 Å². The molecule has 0 amide bonds. The predicted octanol–water partition coefficient (Wildman–Crippen LogP) is -0.229. The Morgan fingerprint density at radius 1 is 1.15 bits per heavy atom. The number of sulfonamides is 2. The van der Waals surface area contributed by atoms with Gasteiger partial charge in [0.15, 0.2) is 0 Å². The molecule has 1 aromatic rings. The minimum Gasteiger partial charge on any atom is -0.324 e. The Hall–Kier alpha value is -0.710. The summed E-state index contributed by atoms with van der Waals surface area (Å²) >= 11 is 0. The molecular formula is C10H18ClN3O4S2. The SMILES string of the molecule is CC(C)(N)CNS(=O)(=O)c1cccc(S(N)(=O)=O)c1.Cl. The number of benzene rings is 1. The van der Waals surface area contributed by atoms with Crippen molar-refractivity contribution in [1.82, 2.24) is 4.72 Å². The van der Waals surface area contributed by atoms with Crippen LogP contribution in [0.25, 0.3) is 0 Å². The Labute approximate surface area is 125 Å². The molecule has 0 radical (unpaired) electrons. The van der Waals surface area contributed by atoms with E-state index in [0.717, 1.165) is 6.07 Å². The number of hydrogen-bond donors (Lipinski definition) is 3. The van der Waals surface area contributed by atoms with Crippen molar-refractivity contribution >= 4 is 32.5 Å². The van der Waals surface area contributed by atoms with Gasteiger partial charge in [0.25, 0.3) is 0 Å². The molecule has 5 N–H and O–H groups in total. The van der Waals surface area contributed by atoms with Crippen LogP contribution in [0.15, 0.2) is 34.1 Å². The van der Waals surface area contributed by atoms with E-state index in [1.807, 2.05) is 0 Å². The van der Waals surface area contributed by atoms with Gasteiger partial charge in [-0.05, 0) is 32.0 Å². The lowest BCUT2D eigenvalue weighted by Gasteiger charge is -2.19. The molecule has 10 heteroatoms. The summed E-state index contributed by atoms with van der Waals surface area (Å²) in [5.41, 5.74) is 4.96. The van der Waals surface area contributed by atoms with E-state index in [1.165, 1.54) is 18.2 Å². The quantitative estimate of drug-likeness (QED) is 0.679. The molecular weight excluding hydrogens is 326 g/mol. The van der Waals surface area contributed by atoms with E-state index in [9.17, 15) is 16.8 Å². The zero-order valence-corrected chi connectivity index (χ0v) is 13.5. The van der Waals surface area contributed by atoms with Crippen LogP contribution in [0.4, 0.5) is 0 Å². The van der Waals surface area contributed by atoms with Crippen LogP contribution in [0, 0.1) is 0 Å². The number of rotatable bonds is 5. The van der Waals surface area contributed by atoms with Gasteiger partial charge < -0.3 is 5.73 Å². The summed E-state index contributed by atoms with van der Waals surface area (Å²) < 4.78 is 48.6. The van der Waals surface area contributed by atoms with Crippen LogP contribution in [-0.2, 0) is 20.0 Å². The lowest BCUT2D eigenvalue weighted by molar-refractivity contribution is 0.498. The van der Waals surface area contributed by atoms with Gasteiger partial charge in [0, 0.05) is 12.1 Å². The fourth-order valence-electron chi connectivity index (χ4n) is 1.18. The zero-order chi connectivity index (χ0) is 14.9. The Balaban J connectivity index is 0.00000361. The summed E-state index contributed by atoms with van der Waals surface area (Å²) in [6.45, 7) is 3.35. The van der Waals surface area contributed by atoms with Crippen molar-refractivity contribution in [2.24, 2.45) is 10.9 Å². The highest BCUT2D eigenvalue weighted by Gasteiger charge is 2.20. The fraction of sp³-hybridized carbons (Fsp3) is 0.400. The Bertz CT molecular complexity index is 666. The summed E-state index contributed by atoms with van der Waals surface area (Å²) in [5, 5.41) is 4.95. The molecule has 0 bridgehead atoms. The molecule has 0 fully saturated rings. The van der Waals surface area contributed by atoms with Gasteiger partial charge in [-0.1, -0.05) is 6.07 Å². The van der Waals surface area contributed by atoms with Crippen molar-refractivity contribution in [3.63, 3.8) is 0 Å². The van der Waals surface area contributed by atoms with Crippen molar-refractivity contribution in [2.45, 2.75) is 29.2 Å². The third-order valence-corrected chi connectivity index (χ3v) is 4.47. The van der Waals surface area contributed by atoms with Crippen molar-refractivity contribution in [3.05, 3.63) is 24.3 Å². The number of nitrogens with one attached hydrogen (secondary N) is 1. The lowest BCUT2D eigenvalue weighted by Crippen LogP contribution is -2.45. The molecule has 0 saturated carbocycles. The molecule has 7 nitrogen and oxygen atoms in total. The molecule has 0 atom stereocenters. The first-order valence-corrected chi connectivity index (χ1v) is 8.36. The summed E-state index contributed by atoms with van der Waals surface area (Å²) in [5.74, 6) is 0. The maximum atomic E-state index is 12.0. The summed E-state index contributed by atoms with van der Waals surface area (Å²) in [6, 6.07) is 4.81. The summed E-state index contributed by atoms with van der Waals surface area (Å²) in [4.78, 5) is -0.439. The first kappa shape index (κ1) is 19.3. The number of hydrogen-bond acceptors (Lipinski definition) is 5. The third-order valence-electron chi connectivity index (χ3n) is 2.16. The molecule has 0 aliphatic heterocycles. The van der Waals surface area contributed by atoms with Crippen LogP contribution in [-0.4, -0.2) is 28.9 Å². The van der Waals surface area contributed by atoms with Crippen LogP contribution >= 0.6 is 12.4 Å². The van der Waals surface area contributed by atoms with Crippen molar-refractivity contribution in [3.8, 4) is 0 Å². The smallest absolute Gasteiger partial charge is 0.240 e. The minimum absolute atomic E-state index is 0. The van der Waals surface area contributed by atoms with Crippen molar-refractivity contribution in [1.29, 1.82) is 0 Å². The molecule has 0 aliphatic carbocycles. The second-order valence-electron chi connectivity index (χ2n) is 4.83. The molecule has 116 valence electrons. The predicted molar refractivity (Wildman–Crippen MR) is 78.5 cm³/mol. The molecule has 1 rings (SSSR count). The van der Waals surface area contributed by atoms with Crippen LogP contribution in [0.5, 0.6) is 0 Å². The summed E-state index contributed by atoms with van der Waals surface area (Å²) in [6.07, 6.45) is 0. The minimum atomic E-state index is -3.95. The molecule has 0 spiro atoms. The first-order chi connectivity index (χ1) is 8.42. The monoisotopic (exact) mass is 343 g/mol. The van der Waals surface area contributed by atoms with Crippen LogP contribution in [0.3, 0.4) is 0 Å². The standard InChI is InChI=1S/C10H17N3O4S2.ClH/c1-10(2,11)7-13-19(16,17)9-5-3-4-8(6-9)18(12,14)15;/h3-6,13H,7,11H2,1-2H3,(H2,12,14,15);1H. The fourth-order valence-corrected chi connectivity index (χ4v) is 3.09. The van der Waals surface area contributed by atoms with Crippen molar-refractivity contribution < 1.29 is 16.8 Å². The Morgan fingerprint density at radius 3 is 2.10 bits per heavy atom. The van der Waals surface area contributed by atoms with Gasteiger partial charge in [-0.25, -0.2) is 26.7 Å². The number of halogens is 1. The molecule has 0 heterocycles. The molecule has 20 heavy (non-hydrogen) atoms. The molecule has 1 aromatic carbocycles. The highest BCUT2D eigenvalue weighted by atomic mass is 35.5. The van der Waals surface area contributed by atoms with Gasteiger partial charge in [-0.15, -0.1) is 12.4 Å². The lowest BCUT2D eigenvalue weighted by atomic mass is 10.1. The molecule has 0 saturated heterocycles. The number of nitrogens with two attached hydrogens (primary N) is 2. The van der Waals surface area contributed by atoms with E-state index in [4.69, 9.17) is 10.9 Å². The van der Waals surface area contributed by atoms with Gasteiger partial charge in [0.1, 0.15) is 0 Å². The van der Waals surface area contributed by atoms with E-state index in [2.05, 4.69) is 4.72 Å². The molecule has 0 aromatic heterocycles. The summed E-state index contributed by atoms with van der Waals surface area (Å²) in [7, 11) is -7.77. The van der Waals surface area contributed by atoms with E-state index in [1.54, 1.807) is 13.8 Å². The first-order valence-electron chi connectivity index (χ1n) is 5.33. The highest BCUT2D eigenvalue weighted by molar-refractivity contribution is 7.90. The van der Waals surface area contributed by atoms with Gasteiger partial charge >= 0.3 is 0 Å². The third kappa shape index (κ3) is 5.73. The van der Waals surface area contributed by atoms with Crippen LogP contribution in [0.1, 0.15) is 13.8 Å². The average molecular weight is 344 g/mol. The van der Waals surface area contributed by atoms with E-state index < -0.39 is 25.6 Å². The topological polar surface area (TPSA) is 132 Å². The van der Waals surface area contributed by atoms with E-state index in [-0.39, 0.29) is 28.7 Å². The molecule has 0 aliphatic rings. The second-order valence-corrected chi connectivity index (χ2v) is 8.16. The molecule has 0 unspecified atom stereocenters. The largest absolute Gasteiger partial charge is 0.324 e. The van der Waals surface area contributed by atoms with Gasteiger partial charge in [-0.3, -0.25) is 0 Å². The van der Waals surface area contributed by atoms with Crippen molar-refractivity contribution in [2.75, 3.05) is 6.54 Å². The normalized spacial score (nSPS) is 12.8. The van der Waals surface area contributed by atoms with Crippen LogP contribution < -0.4 is 15.6 Å². The van der Waals surface area contributed by atoms with Gasteiger partial charge in [0.2, 0.25) is 20.0 Å². The average Bonchev–Trinajstić information content (AvgIpc) is 2.25. The Kier molecular flexibility index (Phi) is 6.15. The van der Waals surface area contributed by atoms with E-state index >= 15 is 0 Å². The Morgan fingerprint density at radius 2 is 1.65 bits per heavy atom. The number of primary sulfonamides is 1. The highest BCUT2D eigenvalue weighted by Crippen LogP contribution is 2.14. The maximum absolute atomic E-state index is 12.0. The van der Waals surface area contributed by atoms with Gasteiger partial charge in [0.05, 0.1) is 9.79 Å².